The predicted octanol–water partition coefficient (Wildman–Crippen LogP) is 4.90. The molecule has 0 saturated carbocycles. The average Bonchev–Trinajstić information content (AvgIpc) is 3.65. The van der Waals surface area contributed by atoms with Gasteiger partial charge in [0.2, 0.25) is 5.76 Å². The first-order chi connectivity index (χ1) is 20.0. The van der Waals surface area contributed by atoms with E-state index in [-0.39, 0.29) is 29.1 Å². The molecule has 2 atom stereocenters. The Hall–Kier alpha value is -3.53. The number of amides is 2. The Bertz CT molecular complexity index is 1420. The van der Waals surface area contributed by atoms with E-state index < -0.39 is 0 Å². The summed E-state index contributed by atoms with van der Waals surface area (Å²) in [6, 6.07) is 14.0. The number of anilines is 1. The maximum absolute atomic E-state index is 13.6. The van der Waals surface area contributed by atoms with E-state index in [1.807, 2.05) is 37.3 Å². The summed E-state index contributed by atoms with van der Waals surface area (Å²) >= 11 is 0. The molecule has 0 radical (unpaired) electrons. The molecule has 2 fully saturated rings. The molecule has 3 aromatic rings. The number of ether oxygens (including phenoxy) is 1. The van der Waals surface area contributed by atoms with Gasteiger partial charge in [0.05, 0.1) is 6.10 Å². The molecule has 2 aromatic carbocycles. The molecule has 0 aliphatic carbocycles. The SMILES string of the molecule is Cc1ccc(NC(=O)c2cc(CN3CCNC(C)C3)cc(C(C)(C)C)c2)cc1-c1cc(C(=O)NCC2CCCO2)on1. The Morgan fingerprint density at radius 2 is 1.95 bits per heavy atom. The molecule has 2 saturated heterocycles. The van der Waals surface area contributed by atoms with Crippen LogP contribution in [-0.4, -0.2) is 66.8 Å². The number of hydrogen-bond acceptors (Lipinski definition) is 7. The summed E-state index contributed by atoms with van der Waals surface area (Å²) in [6.45, 7) is 15.6. The average molecular weight is 574 g/mol. The van der Waals surface area contributed by atoms with Crippen LogP contribution in [0.15, 0.2) is 47.0 Å². The quantitative estimate of drug-likeness (QED) is 0.352. The van der Waals surface area contributed by atoms with Gasteiger partial charge in [0.25, 0.3) is 11.8 Å². The zero-order chi connectivity index (χ0) is 29.9. The third-order valence-electron chi connectivity index (χ3n) is 8.00. The summed E-state index contributed by atoms with van der Waals surface area (Å²) in [7, 11) is 0. The molecule has 224 valence electrons. The molecule has 2 unspecified atom stereocenters. The molecule has 0 spiro atoms. The Kier molecular flexibility index (Phi) is 9.11. The Morgan fingerprint density at radius 3 is 2.69 bits per heavy atom. The second-order valence-electron chi connectivity index (χ2n) is 12.7. The number of piperazine rings is 1. The van der Waals surface area contributed by atoms with Crippen molar-refractivity contribution >= 4 is 17.5 Å². The number of carbonyl (C=O) groups is 2. The van der Waals surface area contributed by atoms with Gasteiger partial charge in [0.1, 0.15) is 5.69 Å². The number of benzene rings is 2. The molecule has 9 nitrogen and oxygen atoms in total. The van der Waals surface area contributed by atoms with Crippen LogP contribution in [0.3, 0.4) is 0 Å². The first kappa shape index (κ1) is 29.9. The highest BCUT2D eigenvalue weighted by Crippen LogP contribution is 2.29. The molecule has 2 aliphatic heterocycles. The van der Waals surface area contributed by atoms with Gasteiger partial charge in [-0.15, -0.1) is 0 Å². The minimum atomic E-state index is -0.323. The molecule has 3 N–H and O–H groups in total. The van der Waals surface area contributed by atoms with Gasteiger partial charge in [0.15, 0.2) is 0 Å². The van der Waals surface area contributed by atoms with Crippen LogP contribution in [0.2, 0.25) is 0 Å². The number of aromatic nitrogens is 1. The lowest BCUT2D eigenvalue weighted by atomic mass is 9.85. The lowest BCUT2D eigenvalue weighted by Gasteiger charge is -2.32. The summed E-state index contributed by atoms with van der Waals surface area (Å²) in [4.78, 5) is 28.6. The Labute approximate surface area is 248 Å². The Morgan fingerprint density at radius 1 is 1.12 bits per heavy atom. The molecule has 1 aromatic heterocycles. The molecule has 2 amide bonds. The van der Waals surface area contributed by atoms with Crippen molar-refractivity contribution in [1.29, 1.82) is 0 Å². The fourth-order valence-electron chi connectivity index (χ4n) is 5.55. The number of rotatable bonds is 8. The molecule has 42 heavy (non-hydrogen) atoms. The minimum Gasteiger partial charge on any atom is -0.376 e. The van der Waals surface area contributed by atoms with Gasteiger partial charge >= 0.3 is 0 Å². The van der Waals surface area contributed by atoms with Crippen LogP contribution in [0.1, 0.15) is 78.1 Å². The van der Waals surface area contributed by atoms with Gasteiger partial charge in [-0.1, -0.05) is 38.1 Å². The molecular weight excluding hydrogens is 530 g/mol. The van der Waals surface area contributed by atoms with Crippen molar-refractivity contribution in [2.24, 2.45) is 0 Å². The molecule has 9 heteroatoms. The van der Waals surface area contributed by atoms with Gasteiger partial charge in [-0.3, -0.25) is 14.5 Å². The van der Waals surface area contributed by atoms with E-state index in [9.17, 15) is 9.59 Å². The van der Waals surface area contributed by atoms with E-state index in [4.69, 9.17) is 9.26 Å². The van der Waals surface area contributed by atoms with Crippen molar-refractivity contribution in [3.63, 3.8) is 0 Å². The fraction of sp³-hybridized carbons (Fsp3) is 0.485. The third kappa shape index (κ3) is 7.45. The normalized spacial score (nSPS) is 19.5. The molecular formula is C33H43N5O4. The van der Waals surface area contributed by atoms with Crippen LogP contribution >= 0.6 is 0 Å². The van der Waals surface area contributed by atoms with Crippen LogP contribution < -0.4 is 16.0 Å². The van der Waals surface area contributed by atoms with Crippen LogP contribution in [-0.2, 0) is 16.7 Å². The third-order valence-corrected chi connectivity index (χ3v) is 8.00. The summed E-state index contributed by atoms with van der Waals surface area (Å²) in [5, 5.41) is 13.6. The van der Waals surface area contributed by atoms with E-state index in [1.165, 1.54) is 0 Å². The maximum atomic E-state index is 13.6. The van der Waals surface area contributed by atoms with E-state index in [0.29, 0.717) is 29.5 Å². The van der Waals surface area contributed by atoms with Gasteiger partial charge in [-0.25, -0.2) is 0 Å². The lowest BCUT2D eigenvalue weighted by molar-refractivity contribution is 0.0827. The molecule has 2 aliphatic rings. The second-order valence-corrected chi connectivity index (χ2v) is 12.7. The number of nitrogens with zero attached hydrogens (tertiary/aromatic N) is 2. The highest BCUT2D eigenvalue weighted by Gasteiger charge is 2.22. The van der Waals surface area contributed by atoms with Crippen LogP contribution in [0.4, 0.5) is 5.69 Å². The van der Waals surface area contributed by atoms with Crippen molar-refractivity contribution in [3.8, 4) is 11.3 Å². The predicted molar refractivity (Wildman–Crippen MR) is 164 cm³/mol. The fourth-order valence-corrected chi connectivity index (χ4v) is 5.55. The standard InChI is InChI=1S/C33H43N5O4/c1-21-8-9-26(16-28(21)29-17-30(42-37-29)32(40)35-18-27-7-6-12-41-27)36-31(39)24-13-23(14-25(15-24)33(3,4)5)20-38-11-10-34-22(2)19-38/h8-9,13-17,22,27,34H,6-7,10-12,18-20H2,1-5H3,(H,35,40)(H,36,39). The maximum Gasteiger partial charge on any atom is 0.290 e. The van der Waals surface area contributed by atoms with E-state index >= 15 is 0 Å². The van der Waals surface area contributed by atoms with Crippen LogP contribution in [0, 0.1) is 6.92 Å². The number of nitrogens with one attached hydrogen (secondary N) is 3. The Balaban J connectivity index is 1.31. The zero-order valence-corrected chi connectivity index (χ0v) is 25.4. The summed E-state index contributed by atoms with van der Waals surface area (Å²) in [5.74, 6) is -0.349. The second kappa shape index (κ2) is 12.8. The van der Waals surface area contributed by atoms with Crippen molar-refractivity contribution in [1.82, 2.24) is 20.7 Å². The minimum absolute atomic E-state index is 0.0461. The van der Waals surface area contributed by atoms with Crippen molar-refractivity contribution < 1.29 is 18.8 Å². The summed E-state index contributed by atoms with van der Waals surface area (Å²) in [6.07, 6.45) is 2.00. The smallest absolute Gasteiger partial charge is 0.290 e. The highest BCUT2D eigenvalue weighted by atomic mass is 16.5. The first-order valence-corrected chi connectivity index (χ1v) is 14.9. The zero-order valence-electron chi connectivity index (χ0n) is 25.4. The molecule has 0 bridgehead atoms. The van der Waals surface area contributed by atoms with Gasteiger partial charge in [0, 0.05) is 68.3 Å². The number of hydrogen-bond donors (Lipinski definition) is 3. The van der Waals surface area contributed by atoms with Crippen molar-refractivity contribution in [2.75, 3.05) is 38.1 Å². The molecule has 3 heterocycles. The van der Waals surface area contributed by atoms with Gasteiger partial charge in [-0.2, -0.15) is 0 Å². The monoisotopic (exact) mass is 573 g/mol. The van der Waals surface area contributed by atoms with Gasteiger partial charge < -0.3 is 25.2 Å². The largest absolute Gasteiger partial charge is 0.376 e. The number of carbonyl (C=O) groups excluding carboxylic acids is 2. The van der Waals surface area contributed by atoms with Crippen LogP contribution in [0.25, 0.3) is 11.3 Å². The first-order valence-electron chi connectivity index (χ1n) is 14.9. The van der Waals surface area contributed by atoms with Crippen molar-refractivity contribution in [2.45, 2.75) is 71.6 Å². The highest BCUT2D eigenvalue weighted by molar-refractivity contribution is 6.05. The van der Waals surface area contributed by atoms with Crippen LogP contribution in [0.5, 0.6) is 0 Å². The summed E-state index contributed by atoms with van der Waals surface area (Å²) < 4.78 is 10.9. The van der Waals surface area contributed by atoms with E-state index in [2.05, 4.69) is 59.8 Å². The van der Waals surface area contributed by atoms with Gasteiger partial charge in [-0.05, 0) is 73.1 Å². The molecule has 5 rings (SSSR count). The van der Waals surface area contributed by atoms with E-state index in [0.717, 1.165) is 67.9 Å². The van der Waals surface area contributed by atoms with Crippen molar-refractivity contribution in [3.05, 3.63) is 70.5 Å². The summed E-state index contributed by atoms with van der Waals surface area (Å²) in [5.41, 5.74) is 5.72. The number of aryl methyl sites for hydroxylation is 1. The van der Waals surface area contributed by atoms with E-state index in [1.54, 1.807) is 6.07 Å². The topological polar surface area (TPSA) is 109 Å². The lowest BCUT2D eigenvalue weighted by Crippen LogP contribution is -2.48.